The highest BCUT2D eigenvalue weighted by Gasteiger charge is 2.07. The number of hydrogen-bond donors (Lipinski definition) is 1. The summed E-state index contributed by atoms with van der Waals surface area (Å²) in [5.41, 5.74) is 2.33. The Hall–Kier alpha value is -0.320. The van der Waals surface area contributed by atoms with Gasteiger partial charge in [0.1, 0.15) is 5.75 Å². The van der Waals surface area contributed by atoms with E-state index in [0.29, 0.717) is 0 Å². The van der Waals surface area contributed by atoms with Crippen molar-refractivity contribution < 1.29 is 4.74 Å². The summed E-state index contributed by atoms with van der Waals surface area (Å²) in [6.07, 6.45) is 0. The summed E-state index contributed by atoms with van der Waals surface area (Å²) in [5.74, 6) is 0.823. The van der Waals surface area contributed by atoms with Crippen molar-refractivity contribution in [2.75, 3.05) is 13.7 Å². The van der Waals surface area contributed by atoms with Crippen LogP contribution in [0.5, 0.6) is 5.75 Å². The van der Waals surface area contributed by atoms with Crippen LogP contribution < -0.4 is 10.1 Å². The zero-order chi connectivity index (χ0) is 12.1. The molecule has 0 bridgehead atoms. The lowest BCUT2D eigenvalue weighted by atomic mass is 10.2. The molecule has 0 aliphatic carbocycles. The third-order valence-corrected chi connectivity index (χ3v) is 3.20. The predicted octanol–water partition coefficient (Wildman–Crippen LogP) is 3.89. The van der Waals surface area contributed by atoms with E-state index in [1.54, 1.807) is 7.11 Å². The Labute approximate surface area is 113 Å². The molecule has 0 spiro atoms. The van der Waals surface area contributed by atoms with Crippen molar-refractivity contribution in [3.8, 4) is 5.75 Å². The number of rotatable bonds is 5. The summed E-state index contributed by atoms with van der Waals surface area (Å²) < 4.78 is 7.16. The van der Waals surface area contributed by atoms with E-state index in [1.165, 1.54) is 5.56 Å². The van der Waals surface area contributed by atoms with Gasteiger partial charge in [0.05, 0.1) is 16.1 Å². The van der Waals surface area contributed by atoms with E-state index < -0.39 is 0 Å². The Morgan fingerprint density at radius 1 is 1.38 bits per heavy atom. The van der Waals surface area contributed by atoms with Gasteiger partial charge in [0.2, 0.25) is 0 Å². The fourth-order valence-corrected chi connectivity index (χ4v) is 2.93. The van der Waals surface area contributed by atoms with E-state index in [9.17, 15) is 0 Å². The Kier molecular flexibility index (Phi) is 5.52. The monoisotopic (exact) mass is 347 g/mol. The van der Waals surface area contributed by atoms with Crippen LogP contribution in [-0.2, 0) is 6.54 Å². The number of methoxy groups -OCH3 is 1. The number of nitrogens with one attached hydrogen (secondary N) is 1. The molecule has 0 amide bonds. The fourth-order valence-electron chi connectivity index (χ4n) is 1.33. The Balaban J connectivity index is 2.72. The molecular weight excluding hydrogens is 334 g/mol. The van der Waals surface area contributed by atoms with Crippen LogP contribution in [-0.4, -0.2) is 13.7 Å². The maximum Gasteiger partial charge on any atom is 0.147 e. The molecule has 0 saturated carbocycles. The van der Waals surface area contributed by atoms with Crippen LogP contribution in [0.4, 0.5) is 0 Å². The molecule has 0 unspecified atom stereocenters. The molecule has 0 atom stereocenters. The van der Waals surface area contributed by atoms with Crippen LogP contribution in [0.25, 0.3) is 0 Å². The fraction of sp³-hybridized carbons (Fsp3) is 0.333. The Morgan fingerprint density at radius 3 is 2.38 bits per heavy atom. The third-order valence-electron chi connectivity index (χ3n) is 2.02. The summed E-state index contributed by atoms with van der Waals surface area (Å²) in [4.78, 5) is 0. The Morgan fingerprint density at radius 2 is 1.94 bits per heavy atom. The second-order valence-electron chi connectivity index (χ2n) is 3.65. The maximum atomic E-state index is 5.25. The van der Waals surface area contributed by atoms with Crippen molar-refractivity contribution in [2.24, 2.45) is 0 Å². The number of benzene rings is 1. The van der Waals surface area contributed by atoms with Crippen LogP contribution in [0.1, 0.15) is 12.5 Å². The van der Waals surface area contributed by atoms with Gasteiger partial charge in [-0.2, -0.15) is 0 Å². The van der Waals surface area contributed by atoms with E-state index in [1.807, 2.05) is 6.92 Å². The Bertz CT molecular complexity index is 368. The highest BCUT2D eigenvalue weighted by atomic mass is 79.9. The summed E-state index contributed by atoms with van der Waals surface area (Å²) in [7, 11) is 1.66. The SMILES string of the molecule is C=C(C)CNCc1cc(Br)c(OC)c(Br)c1. The molecule has 16 heavy (non-hydrogen) atoms. The van der Waals surface area contributed by atoms with Crippen molar-refractivity contribution in [3.63, 3.8) is 0 Å². The van der Waals surface area contributed by atoms with Gasteiger partial charge < -0.3 is 10.1 Å². The molecule has 0 saturated heterocycles. The first-order valence-corrected chi connectivity index (χ1v) is 6.50. The molecule has 0 radical (unpaired) electrons. The van der Waals surface area contributed by atoms with Crippen LogP contribution in [0.15, 0.2) is 33.2 Å². The zero-order valence-corrected chi connectivity index (χ0v) is 12.6. The summed E-state index contributed by atoms with van der Waals surface area (Å²) in [5, 5.41) is 3.31. The van der Waals surface area contributed by atoms with E-state index in [-0.39, 0.29) is 0 Å². The molecular formula is C12H15Br2NO. The van der Waals surface area contributed by atoms with Gasteiger partial charge >= 0.3 is 0 Å². The largest absolute Gasteiger partial charge is 0.494 e. The first kappa shape index (κ1) is 13.7. The molecule has 0 aromatic heterocycles. The van der Waals surface area contributed by atoms with Gasteiger partial charge in [0.15, 0.2) is 0 Å². The lowest BCUT2D eigenvalue weighted by molar-refractivity contribution is 0.409. The van der Waals surface area contributed by atoms with Gasteiger partial charge in [-0.15, -0.1) is 0 Å². The normalized spacial score (nSPS) is 10.2. The molecule has 88 valence electrons. The van der Waals surface area contributed by atoms with Crippen LogP contribution in [0, 0.1) is 0 Å². The zero-order valence-electron chi connectivity index (χ0n) is 9.44. The third kappa shape index (κ3) is 3.92. The van der Waals surface area contributed by atoms with Crippen molar-refractivity contribution in [3.05, 3.63) is 38.8 Å². The summed E-state index contributed by atoms with van der Waals surface area (Å²) >= 11 is 6.96. The van der Waals surface area contributed by atoms with Crippen molar-refractivity contribution in [2.45, 2.75) is 13.5 Å². The minimum atomic E-state index is 0.814. The molecule has 1 rings (SSSR count). The highest BCUT2D eigenvalue weighted by Crippen LogP contribution is 2.34. The first-order valence-electron chi connectivity index (χ1n) is 4.91. The number of halogens is 2. The van der Waals surface area contributed by atoms with Crippen LogP contribution >= 0.6 is 31.9 Å². The molecule has 1 aromatic rings. The van der Waals surface area contributed by atoms with Crippen molar-refractivity contribution >= 4 is 31.9 Å². The smallest absolute Gasteiger partial charge is 0.147 e. The van der Waals surface area contributed by atoms with Crippen LogP contribution in [0.2, 0.25) is 0 Å². The quantitative estimate of drug-likeness (QED) is 0.815. The van der Waals surface area contributed by atoms with Gasteiger partial charge in [0.25, 0.3) is 0 Å². The van der Waals surface area contributed by atoms with E-state index in [4.69, 9.17) is 4.74 Å². The molecule has 0 aliphatic heterocycles. The highest BCUT2D eigenvalue weighted by molar-refractivity contribution is 9.11. The second-order valence-corrected chi connectivity index (χ2v) is 5.36. The standard InChI is InChI=1S/C12H15Br2NO/c1-8(2)6-15-7-9-4-10(13)12(16-3)11(14)5-9/h4-5,15H,1,6-7H2,2-3H3. The molecule has 0 aliphatic rings. The number of ether oxygens (including phenoxy) is 1. The van der Waals surface area contributed by atoms with Gasteiger partial charge in [-0.05, 0) is 56.5 Å². The van der Waals surface area contributed by atoms with Gasteiger partial charge in [-0.25, -0.2) is 0 Å². The summed E-state index contributed by atoms with van der Waals surface area (Å²) in [6, 6.07) is 4.10. The van der Waals surface area contributed by atoms with Crippen molar-refractivity contribution in [1.82, 2.24) is 5.32 Å². The van der Waals surface area contributed by atoms with Gasteiger partial charge in [0, 0.05) is 13.1 Å². The van der Waals surface area contributed by atoms with Crippen LogP contribution in [0.3, 0.4) is 0 Å². The molecule has 1 aromatic carbocycles. The van der Waals surface area contributed by atoms with E-state index >= 15 is 0 Å². The summed E-state index contributed by atoms with van der Waals surface area (Å²) in [6.45, 7) is 7.50. The molecule has 1 N–H and O–H groups in total. The van der Waals surface area contributed by atoms with Crippen molar-refractivity contribution in [1.29, 1.82) is 0 Å². The minimum Gasteiger partial charge on any atom is -0.494 e. The lowest BCUT2D eigenvalue weighted by Gasteiger charge is -2.10. The lowest BCUT2D eigenvalue weighted by Crippen LogP contribution is -2.15. The first-order chi connectivity index (χ1) is 7.54. The average Bonchev–Trinajstić information content (AvgIpc) is 2.16. The second kappa shape index (κ2) is 6.42. The van der Waals surface area contributed by atoms with Gasteiger partial charge in [-0.3, -0.25) is 0 Å². The predicted molar refractivity (Wildman–Crippen MR) is 74.9 cm³/mol. The molecule has 2 nitrogen and oxygen atoms in total. The minimum absolute atomic E-state index is 0.814. The average molecular weight is 349 g/mol. The number of hydrogen-bond acceptors (Lipinski definition) is 2. The molecule has 0 heterocycles. The topological polar surface area (TPSA) is 21.3 Å². The molecule has 4 heteroatoms. The molecule has 0 fully saturated rings. The van der Waals surface area contributed by atoms with E-state index in [0.717, 1.165) is 33.4 Å². The maximum absolute atomic E-state index is 5.25. The van der Waals surface area contributed by atoms with Gasteiger partial charge in [-0.1, -0.05) is 12.2 Å². The van der Waals surface area contributed by atoms with E-state index in [2.05, 4.69) is 55.9 Å².